The van der Waals surface area contributed by atoms with Gasteiger partial charge < -0.3 is 5.32 Å². The molecule has 0 fully saturated rings. The Labute approximate surface area is 142 Å². The maximum absolute atomic E-state index is 12.0. The molecule has 1 N–H and O–H groups in total. The SMILES string of the molecule is CCN(CC(=O)NC(C)C)Cc1nc2ccccc2c(C)c1Cl. The molecule has 1 amide bonds. The Hall–Kier alpha value is -1.65. The number of pyridine rings is 1. The first-order chi connectivity index (χ1) is 10.9. The zero-order chi connectivity index (χ0) is 17.0. The minimum Gasteiger partial charge on any atom is -0.353 e. The minimum absolute atomic E-state index is 0.0236. The Balaban J connectivity index is 2.22. The van der Waals surface area contributed by atoms with Crippen molar-refractivity contribution in [3.8, 4) is 0 Å². The number of para-hydroxylation sites is 1. The lowest BCUT2D eigenvalue weighted by molar-refractivity contribution is -0.122. The predicted molar refractivity (Wildman–Crippen MR) is 95.7 cm³/mol. The van der Waals surface area contributed by atoms with E-state index in [-0.39, 0.29) is 11.9 Å². The van der Waals surface area contributed by atoms with Crippen LogP contribution in [-0.2, 0) is 11.3 Å². The molecule has 0 unspecified atom stereocenters. The number of aromatic nitrogens is 1. The summed E-state index contributed by atoms with van der Waals surface area (Å²) in [6.07, 6.45) is 0. The molecule has 4 nitrogen and oxygen atoms in total. The molecule has 1 aromatic carbocycles. The fourth-order valence-corrected chi connectivity index (χ4v) is 2.79. The van der Waals surface area contributed by atoms with E-state index in [2.05, 4.69) is 10.3 Å². The Bertz CT molecular complexity index is 700. The number of aryl methyl sites for hydroxylation is 1. The van der Waals surface area contributed by atoms with Crippen LogP contribution in [0, 0.1) is 6.92 Å². The second kappa shape index (κ2) is 7.75. The van der Waals surface area contributed by atoms with Gasteiger partial charge in [0.25, 0.3) is 0 Å². The Kier molecular flexibility index (Phi) is 5.97. The first kappa shape index (κ1) is 17.7. The number of hydrogen-bond donors (Lipinski definition) is 1. The van der Waals surface area contributed by atoms with E-state index in [0.717, 1.165) is 28.7 Å². The molecular formula is C18H24ClN3O. The average molecular weight is 334 g/mol. The highest BCUT2D eigenvalue weighted by molar-refractivity contribution is 6.32. The second-order valence-corrected chi connectivity index (χ2v) is 6.42. The van der Waals surface area contributed by atoms with Gasteiger partial charge in [0, 0.05) is 18.0 Å². The zero-order valence-electron chi connectivity index (χ0n) is 14.2. The van der Waals surface area contributed by atoms with Crippen LogP contribution in [0.1, 0.15) is 32.0 Å². The van der Waals surface area contributed by atoms with Crippen molar-refractivity contribution >= 4 is 28.4 Å². The highest BCUT2D eigenvalue weighted by Crippen LogP contribution is 2.27. The predicted octanol–water partition coefficient (Wildman–Crippen LogP) is 3.54. The minimum atomic E-state index is 0.0236. The monoisotopic (exact) mass is 333 g/mol. The van der Waals surface area contributed by atoms with Gasteiger partial charge in [0.05, 0.1) is 22.8 Å². The van der Waals surface area contributed by atoms with Gasteiger partial charge in [0.2, 0.25) is 5.91 Å². The van der Waals surface area contributed by atoms with E-state index in [0.29, 0.717) is 18.1 Å². The number of amides is 1. The molecule has 0 aliphatic carbocycles. The number of likely N-dealkylation sites (N-methyl/N-ethyl adjacent to an activating group) is 1. The van der Waals surface area contributed by atoms with Crippen molar-refractivity contribution < 1.29 is 4.79 Å². The maximum Gasteiger partial charge on any atom is 0.234 e. The van der Waals surface area contributed by atoms with Gasteiger partial charge in [-0.25, -0.2) is 4.98 Å². The Morgan fingerprint density at radius 2 is 2.04 bits per heavy atom. The van der Waals surface area contributed by atoms with Gasteiger partial charge in [-0.05, 0) is 38.9 Å². The molecule has 0 bridgehead atoms. The molecule has 0 atom stereocenters. The van der Waals surface area contributed by atoms with E-state index in [1.807, 2.05) is 56.9 Å². The molecule has 0 radical (unpaired) electrons. The average Bonchev–Trinajstić information content (AvgIpc) is 2.50. The number of carbonyl (C=O) groups is 1. The lowest BCUT2D eigenvalue weighted by Crippen LogP contribution is -2.39. The van der Waals surface area contributed by atoms with Crippen molar-refractivity contribution in [2.75, 3.05) is 13.1 Å². The molecule has 2 aromatic rings. The van der Waals surface area contributed by atoms with Crippen LogP contribution in [-0.4, -0.2) is 34.9 Å². The number of carbonyl (C=O) groups excluding carboxylic acids is 1. The summed E-state index contributed by atoms with van der Waals surface area (Å²) in [7, 11) is 0. The van der Waals surface area contributed by atoms with Crippen LogP contribution in [0.2, 0.25) is 5.02 Å². The zero-order valence-corrected chi connectivity index (χ0v) is 14.9. The van der Waals surface area contributed by atoms with Crippen LogP contribution < -0.4 is 5.32 Å². The summed E-state index contributed by atoms with van der Waals surface area (Å²) in [5, 5.41) is 4.67. The highest BCUT2D eigenvalue weighted by Gasteiger charge is 2.15. The van der Waals surface area contributed by atoms with Gasteiger partial charge in [0.1, 0.15) is 0 Å². The van der Waals surface area contributed by atoms with Gasteiger partial charge in [-0.1, -0.05) is 36.7 Å². The van der Waals surface area contributed by atoms with E-state index in [9.17, 15) is 4.79 Å². The fraction of sp³-hybridized carbons (Fsp3) is 0.444. The number of nitrogens with one attached hydrogen (secondary N) is 1. The maximum atomic E-state index is 12.0. The van der Waals surface area contributed by atoms with Gasteiger partial charge in [-0.3, -0.25) is 9.69 Å². The number of halogens is 1. The molecule has 0 saturated heterocycles. The summed E-state index contributed by atoms with van der Waals surface area (Å²) in [4.78, 5) is 18.7. The number of nitrogens with zero attached hydrogens (tertiary/aromatic N) is 2. The third-order valence-electron chi connectivity index (χ3n) is 3.78. The van der Waals surface area contributed by atoms with Crippen LogP contribution in [0.15, 0.2) is 24.3 Å². The Morgan fingerprint density at radius 1 is 1.35 bits per heavy atom. The normalized spacial score (nSPS) is 11.4. The first-order valence-electron chi connectivity index (χ1n) is 7.97. The molecule has 1 heterocycles. The van der Waals surface area contributed by atoms with Crippen LogP contribution in [0.25, 0.3) is 10.9 Å². The quantitative estimate of drug-likeness (QED) is 0.879. The molecule has 0 saturated carbocycles. The van der Waals surface area contributed by atoms with Crippen molar-refractivity contribution in [1.29, 1.82) is 0 Å². The molecule has 5 heteroatoms. The topological polar surface area (TPSA) is 45.2 Å². The largest absolute Gasteiger partial charge is 0.353 e. The summed E-state index contributed by atoms with van der Waals surface area (Å²) >= 11 is 6.50. The van der Waals surface area contributed by atoms with Crippen molar-refractivity contribution in [1.82, 2.24) is 15.2 Å². The number of rotatable bonds is 6. The molecule has 2 rings (SSSR count). The van der Waals surface area contributed by atoms with Gasteiger partial charge in [0.15, 0.2) is 0 Å². The summed E-state index contributed by atoms with van der Waals surface area (Å²) in [5.41, 5.74) is 2.80. The smallest absolute Gasteiger partial charge is 0.234 e. The molecule has 0 aliphatic rings. The summed E-state index contributed by atoms with van der Waals surface area (Å²) in [6, 6.07) is 8.12. The van der Waals surface area contributed by atoms with E-state index >= 15 is 0 Å². The lowest BCUT2D eigenvalue weighted by Gasteiger charge is -2.21. The molecule has 23 heavy (non-hydrogen) atoms. The number of benzene rings is 1. The molecule has 124 valence electrons. The van der Waals surface area contributed by atoms with Crippen LogP contribution >= 0.6 is 11.6 Å². The molecule has 0 spiro atoms. The van der Waals surface area contributed by atoms with Crippen LogP contribution in [0.5, 0.6) is 0 Å². The van der Waals surface area contributed by atoms with Gasteiger partial charge in [-0.2, -0.15) is 0 Å². The van der Waals surface area contributed by atoms with Gasteiger partial charge >= 0.3 is 0 Å². The van der Waals surface area contributed by atoms with E-state index in [1.165, 1.54) is 0 Å². The summed E-state index contributed by atoms with van der Waals surface area (Å²) in [6.45, 7) is 9.63. The lowest BCUT2D eigenvalue weighted by atomic mass is 10.1. The first-order valence-corrected chi connectivity index (χ1v) is 8.35. The van der Waals surface area contributed by atoms with Gasteiger partial charge in [-0.15, -0.1) is 0 Å². The molecular weight excluding hydrogens is 310 g/mol. The molecule has 1 aromatic heterocycles. The highest BCUT2D eigenvalue weighted by atomic mass is 35.5. The van der Waals surface area contributed by atoms with Crippen molar-refractivity contribution in [2.24, 2.45) is 0 Å². The van der Waals surface area contributed by atoms with E-state index in [1.54, 1.807) is 0 Å². The summed E-state index contributed by atoms with van der Waals surface area (Å²) < 4.78 is 0. The van der Waals surface area contributed by atoms with E-state index < -0.39 is 0 Å². The van der Waals surface area contributed by atoms with Crippen molar-refractivity contribution in [3.05, 3.63) is 40.5 Å². The Morgan fingerprint density at radius 3 is 2.70 bits per heavy atom. The molecule has 0 aliphatic heterocycles. The van der Waals surface area contributed by atoms with Crippen LogP contribution in [0.3, 0.4) is 0 Å². The van der Waals surface area contributed by atoms with Crippen LogP contribution in [0.4, 0.5) is 0 Å². The fourth-order valence-electron chi connectivity index (χ4n) is 2.58. The van der Waals surface area contributed by atoms with Crippen molar-refractivity contribution in [2.45, 2.75) is 40.3 Å². The summed E-state index contributed by atoms with van der Waals surface area (Å²) in [5.74, 6) is 0.0236. The third-order valence-corrected chi connectivity index (χ3v) is 4.29. The van der Waals surface area contributed by atoms with Crippen molar-refractivity contribution in [3.63, 3.8) is 0 Å². The number of hydrogen-bond acceptors (Lipinski definition) is 3. The standard InChI is InChI=1S/C18H24ClN3O/c1-5-22(11-17(23)20-12(2)3)10-16-18(19)13(4)14-8-6-7-9-15(14)21-16/h6-9,12H,5,10-11H2,1-4H3,(H,20,23). The second-order valence-electron chi connectivity index (χ2n) is 6.04. The third kappa shape index (κ3) is 4.43. The van der Waals surface area contributed by atoms with E-state index in [4.69, 9.17) is 11.6 Å². The number of fused-ring (bicyclic) bond motifs is 1.